The van der Waals surface area contributed by atoms with Crippen LogP contribution in [0, 0.1) is 0 Å². The number of nitrogens with zero attached hydrogens (tertiary/aromatic N) is 1. The maximum atomic E-state index is 11.4. The topological polar surface area (TPSA) is 68.7 Å². The molecule has 108 valence electrons. The van der Waals surface area contributed by atoms with Crippen LogP contribution in [0.1, 0.15) is 11.1 Å². The first-order chi connectivity index (χ1) is 10.2. The van der Waals surface area contributed by atoms with Gasteiger partial charge in [0.1, 0.15) is 5.75 Å². The van der Waals surface area contributed by atoms with Gasteiger partial charge in [-0.2, -0.15) is 0 Å². The number of hydrogen-bond acceptors (Lipinski definition) is 4. The Morgan fingerprint density at radius 1 is 1.29 bits per heavy atom. The number of carboxylic acids is 1. The molecule has 1 aromatic heterocycles. The van der Waals surface area contributed by atoms with E-state index in [9.17, 15) is 9.90 Å². The lowest BCUT2D eigenvalue weighted by Crippen LogP contribution is -2.01. The fourth-order valence-corrected chi connectivity index (χ4v) is 1.75. The minimum Gasteiger partial charge on any atom is -0.478 e. The number of aromatic nitrogens is 1. The van der Waals surface area contributed by atoms with Crippen LogP contribution in [0.4, 0.5) is 0 Å². The number of carbonyl (C=O) groups is 1. The Balaban J connectivity index is 2.27. The normalized spacial score (nSPS) is 11.2. The van der Waals surface area contributed by atoms with Crippen molar-refractivity contribution in [2.45, 2.75) is 0 Å². The van der Waals surface area contributed by atoms with Crippen LogP contribution in [-0.4, -0.2) is 30.0 Å². The van der Waals surface area contributed by atoms with Gasteiger partial charge in [-0.05, 0) is 35.4 Å². The zero-order chi connectivity index (χ0) is 15.1. The highest BCUT2D eigenvalue weighted by molar-refractivity contribution is 6.20. The van der Waals surface area contributed by atoms with Crippen molar-refractivity contribution in [2.24, 2.45) is 0 Å². The van der Waals surface area contributed by atoms with Gasteiger partial charge in [0.15, 0.2) is 6.79 Å². The van der Waals surface area contributed by atoms with Gasteiger partial charge in [0.2, 0.25) is 0 Å². The van der Waals surface area contributed by atoms with Crippen molar-refractivity contribution in [2.75, 3.05) is 13.9 Å². The number of pyridine rings is 1. The molecule has 0 unspecified atom stereocenters. The van der Waals surface area contributed by atoms with Crippen molar-refractivity contribution in [3.8, 4) is 5.75 Å². The number of carboxylic acid groups (broad SMARTS) is 1. The van der Waals surface area contributed by atoms with Gasteiger partial charge < -0.3 is 14.6 Å². The summed E-state index contributed by atoms with van der Waals surface area (Å²) in [5.41, 5.74) is 1.52. The summed E-state index contributed by atoms with van der Waals surface area (Å²) in [6.07, 6.45) is 4.83. The summed E-state index contributed by atoms with van der Waals surface area (Å²) >= 11 is 0. The Labute approximate surface area is 122 Å². The minimum atomic E-state index is -0.996. The van der Waals surface area contributed by atoms with Crippen molar-refractivity contribution < 1.29 is 19.4 Å². The van der Waals surface area contributed by atoms with Gasteiger partial charge >= 0.3 is 5.97 Å². The largest absolute Gasteiger partial charge is 0.478 e. The number of aliphatic carboxylic acids is 1. The molecular weight excluding hydrogens is 270 g/mol. The van der Waals surface area contributed by atoms with Gasteiger partial charge in [0, 0.05) is 19.5 Å². The maximum absolute atomic E-state index is 11.4. The third kappa shape index (κ3) is 4.15. The number of hydrogen-bond donors (Lipinski definition) is 1. The van der Waals surface area contributed by atoms with Crippen LogP contribution < -0.4 is 4.74 Å². The van der Waals surface area contributed by atoms with Crippen LogP contribution in [0.15, 0.2) is 48.8 Å². The standard InChI is InChI=1S/C16H15NO4/c1-20-11-21-14-6-4-13(5-7-14)15(16(18)19)9-12-3-2-8-17-10-12/h2-10H,11H2,1H3,(H,18,19). The lowest BCUT2D eigenvalue weighted by atomic mass is 10.0. The van der Waals surface area contributed by atoms with Gasteiger partial charge in [-0.3, -0.25) is 4.98 Å². The van der Waals surface area contributed by atoms with E-state index in [1.165, 1.54) is 7.11 Å². The molecule has 0 fully saturated rings. The molecule has 5 heteroatoms. The van der Waals surface area contributed by atoms with Crippen LogP contribution in [0.3, 0.4) is 0 Å². The van der Waals surface area contributed by atoms with E-state index in [1.54, 1.807) is 54.9 Å². The van der Waals surface area contributed by atoms with E-state index in [4.69, 9.17) is 9.47 Å². The fourth-order valence-electron chi connectivity index (χ4n) is 1.75. The summed E-state index contributed by atoms with van der Waals surface area (Å²) in [7, 11) is 1.54. The molecule has 0 aliphatic rings. The molecule has 0 saturated heterocycles. The summed E-state index contributed by atoms with van der Waals surface area (Å²) in [5.74, 6) is -0.379. The molecule has 0 spiro atoms. The second-order valence-electron chi connectivity index (χ2n) is 4.22. The first-order valence-electron chi connectivity index (χ1n) is 6.28. The van der Waals surface area contributed by atoms with Crippen molar-refractivity contribution in [1.82, 2.24) is 4.98 Å². The minimum absolute atomic E-state index is 0.149. The second kappa shape index (κ2) is 7.21. The molecule has 0 amide bonds. The van der Waals surface area contributed by atoms with Crippen LogP contribution >= 0.6 is 0 Å². The smallest absolute Gasteiger partial charge is 0.336 e. The Morgan fingerprint density at radius 3 is 2.62 bits per heavy atom. The quantitative estimate of drug-likeness (QED) is 0.653. The van der Waals surface area contributed by atoms with Crippen LogP contribution in [0.25, 0.3) is 11.6 Å². The molecule has 2 rings (SSSR count). The van der Waals surface area contributed by atoms with E-state index in [0.717, 1.165) is 5.56 Å². The SMILES string of the molecule is COCOc1ccc(C(=Cc2cccnc2)C(=O)O)cc1. The lowest BCUT2D eigenvalue weighted by molar-refractivity contribution is -0.130. The summed E-state index contributed by atoms with van der Waals surface area (Å²) < 4.78 is 10.1. The highest BCUT2D eigenvalue weighted by Crippen LogP contribution is 2.21. The highest BCUT2D eigenvalue weighted by Gasteiger charge is 2.10. The summed E-state index contributed by atoms with van der Waals surface area (Å²) in [6.45, 7) is 0.149. The predicted octanol–water partition coefficient (Wildman–Crippen LogP) is 2.69. The summed E-state index contributed by atoms with van der Waals surface area (Å²) in [4.78, 5) is 15.4. The van der Waals surface area contributed by atoms with Crippen molar-refractivity contribution in [3.05, 3.63) is 59.9 Å². The van der Waals surface area contributed by atoms with Crippen LogP contribution in [0.2, 0.25) is 0 Å². The Hall–Kier alpha value is -2.66. The number of benzene rings is 1. The average Bonchev–Trinajstić information content (AvgIpc) is 2.52. The van der Waals surface area contributed by atoms with E-state index in [2.05, 4.69) is 4.98 Å². The van der Waals surface area contributed by atoms with Crippen molar-refractivity contribution in [1.29, 1.82) is 0 Å². The van der Waals surface area contributed by atoms with Gasteiger partial charge in [-0.15, -0.1) is 0 Å². The number of ether oxygens (including phenoxy) is 2. The summed E-state index contributed by atoms with van der Waals surface area (Å²) in [5, 5.41) is 9.36. The van der Waals surface area contributed by atoms with Crippen molar-refractivity contribution in [3.63, 3.8) is 0 Å². The average molecular weight is 285 g/mol. The van der Waals surface area contributed by atoms with Crippen LogP contribution in [0.5, 0.6) is 5.75 Å². The fraction of sp³-hybridized carbons (Fsp3) is 0.125. The molecule has 1 aromatic carbocycles. The third-order valence-electron chi connectivity index (χ3n) is 2.73. The molecule has 0 bridgehead atoms. The van der Waals surface area contributed by atoms with Gasteiger partial charge in [-0.25, -0.2) is 4.79 Å². The molecule has 21 heavy (non-hydrogen) atoms. The summed E-state index contributed by atoms with van der Waals surface area (Å²) in [6, 6.07) is 10.4. The lowest BCUT2D eigenvalue weighted by Gasteiger charge is -2.07. The molecule has 0 aliphatic carbocycles. The van der Waals surface area contributed by atoms with Gasteiger partial charge in [0.25, 0.3) is 0 Å². The Bertz CT molecular complexity index is 620. The molecule has 1 heterocycles. The van der Waals surface area contributed by atoms with E-state index in [-0.39, 0.29) is 12.4 Å². The monoisotopic (exact) mass is 285 g/mol. The molecule has 2 aromatic rings. The van der Waals surface area contributed by atoms with E-state index < -0.39 is 5.97 Å². The molecule has 0 radical (unpaired) electrons. The maximum Gasteiger partial charge on any atom is 0.336 e. The van der Waals surface area contributed by atoms with Crippen molar-refractivity contribution >= 4 is 17.6 Å². The molecule has 0 atom stereocenters. The Kier molecular flexibility index (Phi) is 5.06. The third-order valence-corrected chi connectivity index (χ3v) is 2.73. The predicted molar refractivity (Wildman–Crippen MR) is 78.7 cm³/mol. The second-order valence-corrected chi connectivity index (χ2v) is 4.22. The molecule has 0 saturated carbocycles. The zero-order valence-corrected chi connectivity index (χ0v) is 11.5. The molecule has 0 aliphatic heterocycles. The first-order valence-corrected chi connectivity index (χ1v) is 6.28. The van der Waals surface area contributed by atoms with Crippen LogP contribution in [-0.2, 0) is 9.53 Å². The highest BCUT2D eigenvalue weighted by atomic mass is 16.7. The first kappa shape index (κ1) is 14.7. The zero-order valence-electron chi connectivity index (χ0n) is 11.5. The number of rotatable bonds is 6. The molecule has 5 nitrogen and oxygen atoms in total. The van der Waals surface area contributed by atoms with E-state index in [1.807, 2.05) is 0 Å². The van der Waals surface area contributed by atoms with E-state index >= 15 is 0 Å². The van der Waals surface area contributed by atoms with E-state index in [0.29, 0.717) is 11.3 Å². The molecular formula is C16H15NO4. The van der Waals surface area contributed by atoms with Gasteiger partial charge in [-0.1, -0.05) is 18.2 Å². The molecule has 1 N–H and O–H groups in total. The van der Waals surface area contributed by atoms with Gasteiger partial charge in [0.05, 0.1) is 5.57 Å². The Morgan fingerprint density at radius 2 is 2.05 bits per heavy atom. The number of methoxy groups -OCH3 is 1.